The van der Waals surface area contributed by atoms with E-state index in [1.54, 1.807) is 19.2 Å². The van der Waals surface area contributed by atoms with Crippen molar-refractivity contribution in [2.75, 3.05) is 40.4 Å². The highest BCUT2D eigenvalue weighted by Crippen LogP contribution is 2.13. The summed E-state index contributed by atoms with van der Waals surface area (Å²) in [7, 11) is 3.65. The van der Waals surface area contributed by atoms with Crippen molar-refractivity contribution in [3.05, 3.63) is 40.3 Å². The Hall–Kier alpha value is -2.25. The molecule has 0 saturated heterocycles. The van der Waals surface area contributed by atoms with Crippen molar-refractivity contribution in [3.63, 3.8) is 0 Å². The molecular formula is C20H30N4O3. The van der Waals surface area contributed by atoms with Gasteiger partial charge in [-0.15, -0.1) is 0 Å². The zero-order valence-electron chi connectivity index (χ0n) is 16.5. The summed E-state index contributed by atoms with van der Waals surface area (Å²) >= 11 is 0. The number of nitrogens with one attached hydrogen (secondary N) is 1. The molecule has 1 heterocycles. The van der Waals surface area contributed by atoms with Crippen molar-refractivity contribution in [2.24, 2.45) is 0 Å². The molecule has 27 heavy (non-hydrogen) atoms. The van der Waals surface area contributed by atoms with E-state index in [0.717, 1.165) is 25.8 Å². The summed E-state index contributed by atoms with van der Waals surface area (Å²) < 4.78 is 6.48. The number of aryl methyl sites for hydroxylation is 1. The number of hydrogen-bond acceptors (Lipinski definition) is 5. The molecule has 2 rings (SSSR count). The minimum Gasteiger partial charge on any atom is -0.383 e. The van der Waals surface area contributed by atoms with Crippen LogP contribution in [0.25, 0.3) is 10.8 Å². The lowest BCUT2D eigenvalue weighted by molar-refractivity contribution is 0.0942. The molecule has 1 aromatic carbocycles. The van der Waals surface area contributed by atoms with Crippen LogP contribution in [0.2, 0.25) is 0 Å². The quantitative estimate of drug-likeness (QED) is 0.608. The SMILES string of the molecule is CCCCCn1nc(C(=O)NCCN(C)CCOC)c2ccccc2c1=O. The van der Waals surface area contributed by atoms with Gasteiger partial charge in [0.2, 0.25) is 0 Å². The van der Waals surface area contributed by atoms with Gasteiger partial charge >= 0.3 is 0 Å². The lowest BCUT2D eigenvalue weighted by atomic mass is 10.1. The van der Waals surface area contributed by atoms with E-state index in [1.165, 1.54) is 4.68 Å². The third-order valence-corrected chi connectivity index (χ3v) is 4.51. The second-order valence-corrected chi connectivity index (χ2v) is 6.68. The fraction of sp³-hybridized carbons (Fsp3) is 0.550. The predicted octanol–water partition coefficient (Wildman–Crippen LogP) is 1.89. The number of carbonyl (C=O) groups excluding carboxylic acids is 1. The molecule has 7 heteroatoms. The van der Waals surface area contributed by atoms with Crippen LogP contribution in [0.3, 0.4) is 0 Å². The van der Waals surface area contributed by atoms with Gasteiger partial charge in [-0.3, -0.25) is 9.59 Å². The first-order valence-electron chi connectivity index (χ1n) is 9.54. The van der Waals surface area contributed by atoms with Crippen molar-refractivity contribution >= 4 is 16.7 Å². The van der Waals surface area contributed by atoms with Crippen LogP contribution in [0.15, 0.2) is 29.1 Å². The molecule has 0 radical (unpaired) electrons. The molecule has 0 fully saturated rings. The Balaban J connectivity index is 2.16. The fourth-order valence-corrected chi connectivity index (χ4v) is 2.87. The van der Waals surface area contributed by atoms with Crippen LogP contribution in [0, 0.1) is 0 Å². The smallest absolute Gasteiger partial charge is 0.274 e. The summed E-state index contributed by atoms with van der Waals surface area (Å²) in [6.45, 7) is 5.30. The van der Waals surface area contributed by atoms with Crippen molar-refractivity contribution in [1.82, 2.24) is 20.0 Å². The molecular weight excluding hydrogens is 344 g/mol. The second kappa shape index (κ2) is 10.8. The average molecular weight is 374 g/mol. The van der Waals surface area contributed by atoms with Gasteiger partial charge in [0.1, 0.15) is 0 Å². The number of benzene rings is 1. The van der Waals surface area contributed by atoms with Crippen LogP contribution in [-0.2, 0) is 11.3 Å². The normalized spacial score (nSPS) is 11.3. The van der Waals surface area contributed by atoms with E-state index in [4.69, 9.17) is 4.74 Å². The molecule has 1 N–H and O–H groups in total. The first-order valence-corrected chi connectivity index (χ1v) is 9.54. The van der Waals surface area contributed by atoms with E-state index in [9.17, 15) is 9.59 Å². The summed E-state index contributed by atoms with van der Waals surface area (Å²) in [5.41, 5.74) is 0.166. The van der Waals surface area contributed by atoms with Gasteiger partial charge in [-0.25, -0.2) is 4.68 Å². The highest BCUT2D eigenvalue weighted by atomic mass is 16.5. The Labute approximate surface area is 160 Å². The number of hydrogen-bond donors (Lipinski definition) is 1. The van der Waals surface area contributed by atoms with E-state index < -0.39 is 0 Å². The van der Waals surface area contributed by atoms with Gasteiger partial charge < -0.3 is 15.0 Å². The van der Waals surface area contributed by atoms with Crippen molar-refractivity contribution in [3.8, 4) is 0 Å². The Morgan fingerprint density at radius 2 is 1.96 bits per heavy atom. The number of rotatable bonds is 11. The van der Waals surface area contributed by atoms with Gasteiger partial charge in [-0.1, -0.05) is 38.0 Å². The van der Waals surface area contributed by atoms with Crippen molar-refractivity contribution < 1.29 is 9.53 Å². The number of aromatic nitrogens is 2. The lowest BCUT2D eigenvalue weighted by Crippen LogP contribution is -2.36. The topological polar surface area (TPSA) is 76.5 Å². The molecule has 7 nitrogen and oxygen atoms in total. The fourth-order valence-electron chi connectivity index (χ4n) is 2.87. The molecule has 2 aromatic rings. The molecule has 0 spiro atoms. The second-order valence-electron chi connectivity index (χ2n) is 6.68. The standard InChI is InChI=1S/C20H30N4O3/c1-4-5-8-12-24-20(26)17-10-7-6-9-16(17)18(22-24)19(25)21-11-13-23(2)14-15-27-3/h6-7,9-10H,4-5,8,11-15H2,1-3H3,(H,21,25). The lowest BCUT2D eigenvalue weighted by Gasteiger charge is -2.16. The van der Waals surface area contributed by atoms with E-state index in [-0.39, 0.29) is 11.5 Å². The molecule has 0 saturated carbocycles. The number of fused-ring (bicyclic) bond motifs is 1. The van der Waals surface area contributed by atoms with Gasteiger partial charge in [0.15, 0.2) is 5.69 Å². The van der Waals surface area contributed by atoms with E-state index in [0.29, 0.717) is 42.7 Å². The average Bonchev–Trinajstić information content (AvgIpc) is 2.68. The number of likely N-dealkylation sites (N-methyl/N-ethyl adjacent to an activating group) is 1. The highest BCUT2D eigenvalue weighted by Gasteiger charge is 2.16. The molecule has 0 aliphatic rings. The van der Waals surface area contributed by atoms with Gasteiger partial charge in [-0.05, 0) is 19.5 Å². The molecule has 148 valence electrons. The maximum Gasteiger partial charge on any atom is 0.274 e. The Kier molecular flexibility index (Phi) is 8.42. The molecule has 1 amide bonds. The van der Waals surface area contributed by atoms with Crippen LogP contribution in [-0.4, -0.2) is 61.0 Å². The molecule has 1 aromatic heterocycles. The molecule has 0 atom stereocenters. The monoisotopic (exact) mass is 374 g/mol. The number of nitrogens with zero attached hydrogens (tertiary/aromatic N) is 3. The summed E-state index contributed by atoms with van der Waals surface area (Å²) in [6, 6.07) is 7.16. The number of ether oxygens (including phenoxy) is 1. The summed E-state index contributed by atoms with van der Waals surface area (Å²) in [5.74, 6) is -0.254. The van der Waals surface area contributed by atoms with Crippen molar-refractivity contribution in [1.29, 1.82) is 0 Å². The number of carbonyl (C=O) groups is 1. The van der Waals surface area contributed by atoms with E-state index in [2.05, 4.69) is 22.2 Å². The summed E-state index contributed by atoms with van der Waals surface area (Å²) in [4.78, 5) is 27.5. The number of amides is 1. The highest BCUT2D eigenvalue weighted by molar-refractivity contribution is 6.04. The van der Waals surface area contributed by atoms with E-state index >= 15 is 0 Å². The first kappa shape index (κ1) is 21.1. The minimum atomic E-state index is -0.254. The number of unbranched alkanes of at least 4 members (excludes halogenated alkanes) is 2. The molecule has 0 aliphatic heterocycles. The zero-order chi connectivity index (χ0) is 19.6. The van der Waals surface area contributed by atoms with Gasteiger partial charge in [-0.2, -0.15) is 5.10 Å². The summed E-state index contributed by atoms with van der Waals surface area (Å²) in [5, 5.41) is 8.42. The van der Waals surface area contributed by atoms with E-state index in [1.807, 2.05) is 19.2 Å². The molecule has 0 bridgehead atoms. The first-order chi connectivity index (χ1) is 13.1. The van der Waals surface area contributed by atoms with Crippen LogP contribution in [0.4, 0.5) is 0 Å². The van der Waals surface area contributed by atoms with Crippen LogP contribution >= 0.6 is 0 Å². The zero-order valence-corrected chi connectivity index (χ0v) is 16.5. The largest absolute Gasteiger partial charge is 0.383 e. The number of methoxy groups -OCH3 is 1. The summed E-state index contributed by atoms with van der Waals surface area (Å²) in [6.07, 6.45) is 2.95. The van der Waals surface area contributed by atoms with Crippen LogP contribution in [0.5, 0.6) is 0 Å². The minimum absolute atomic E-state index is 0.141. The van der Waals surface area contributed by atoms with Crippen molar-refractivity contribution in [2.45, 2.75) is 32.7 Å². The maximum atomic E-state index is 12.7. The van der Waals surface area contributed by atoms with Crippen LogP contribution < -0.4 is 10.9 Å². The van der Waals surface area contributed by atoms with Gasteiger partial charge in [0, 0.05) is 38.7 Å². The third kappa shape index (κ3) is 5.87. The third-order valence-electron chi connectivity index (χ3n) is 4.51. The van der Waals surface area contributed by atoms with Gasteiger partial charge in [0.05, 0.1) is 12.0 Å². The Morgan fingerprint density at radius 1 is 1.22 bits per heavy atom. The van der Waals surface area contributed by atoms with Gasteiger partial charge in [0.25, 0.3) is 11.5 Å². The molecule has 0 aliphatic carbocycles. The Morgan fingerprint density at radius 3 is 2.67 bits per heavy atom. The van der Waals surface area contributed by atoms with Crippen LogP contribution in [0.1, 0.15) is 36.7 Å². The maximum absolute atomic E-state index is 12.7. The molecule has 0 unspecified atom stereocenters. The predicted molar refractivity (Wildman–Crippen MR) is 107 cm³/mol. The Bertz CT molecular complexity index is 803.